The van der Waals surface area contributed by atoms with Gasteiger partial charge in [0, 0.05) is 10.6 Å². The van der Waals surface area contributed by atoms with Gasteiger partial charge in [0.15, 0.2) is 0 Å². The van der Waals surface area contributed by atoms with E-state index in [-0.39, 0.29) is 16.1 Å². The predicted octanol–water partition coefficient (Wildman–Crippen LogP) is 4.58. The standard InChI is InChI=1S/C14H9ClF4O/c15-12-7-8(16)5-6-10(12)13(20)9-3-1-2-4-11(9)14(17,18)19/h1-7,13,20H. The third kappa shape index (κ3) is 2.94. The number of hydrogen-bond acceptors (Lipinski definition) is 1. The lowest BCUT2D eigenvalue weighted by Gasteiger charge is -2.18. The number of hydrogen-bond donors (Lipinski definition) is 1. The molecule has 0 spiro atoms. The molecule has 2 aromatic rings. The second kappa shape index (κ2) is 5.42. The first kappa shape index (κ1) is 14.8. The molecule has 0 radical (unpaired) electrons. The van der Waals surface area contributed by atoms with Gasteiger partial charge in [0.1, 0.15) is 11.9 Å². The highest BCUT2D eigenvalue weighted by molar-refractivity contribution is 6.31. The second-order valence-corrected chi connectivity index (χ2v) is 4.56. The summed E-state index contributed by atoms with van der Waals surface area (Å²) in [6.45, 7) is 0. The lowest BCUT2D eigenvalue weighted by Crippen LogP contribution is -2.12. The van der Waals surface area contributed by atoms with Crippen LogP contribution in [0.2, 0.25) is 5.02 Å². The molecule has 1 N–H and O–H groups in total. The van der Waals surface area contributed by atoms with Gasteiger partial charge in [0.25, 0.3) is 0 Å². The van der Waals surface area contributed by atoms with Gasteiger partial charge in [-0.1, -0.05) is 35.9 Å². The zero-order chi connectivity index (χ0) is 14.9. The summed E-state index contributed by atoms with van der Waals surface area (Å²) in [5.74, 6) is -0.630. The Kier molecular flexibility index (Phi) is 4.01. The van der Waals surface area contributed by atoms with E-state index in [0.717, 1.165) is 30.3 Å². The van der Waals surface area contributed by atoms with Crippen LogP contribution in [0, 0.1) is 5.82 Å². The fourth-order valence-electron chi connectivity index (χ4n) is 1.88. The number of aliphatic hydroxyl groups is 1. The summed E-state index contributed by atoms with van der Waals surface area (Å²) in [6.07, 6.45) is -6.18. The molecule has 1 nitrogen and oxygen atoms in total. The highest BCUT2D eigenvalue weighted by Crippen LogP contribution is 2.37. The molecule has 106 valence electrons. The fraction of sp³-hybridized carbons (Fsp3) is 0.143. The van der Waals surface area contributed by atoms with Crippen LogP contribution in [-0.4, -0.2) is 5.11 Å². The van der Waals surface area contributed by atoms with Gasteiger partial charge in [-0.05, 0) is 23.8 Å². The maximum atomic E-state index is 12.9. The summed E-state index contributed by atoms with van der Waals surface area (Å²) < 4.78 is 51.6. The second-order valence-electron chi connectivity index (χ2n) is 4.15. The van der Waals surface area contributed by atoms with E-state index in [1.54, 1.807) is 0 Å². The Morgan fingerprint density at radius 3 is 2.25 bits per heavy atom. The average molecular weight is 305 g/mol. The minimum atomic E-state index is -4.59. The number of halogens is 5. The molecule has 0 aromatic heterocycles. The van der Waals surface area contributed by atoms with Crippen molar-refractivity contribution in [2.75, 3.05) is 0 Å². The molecular weight excluding hydrogens is 296 g/mol. The summed E-state index contributed by atoms with van der Waals surface area (Å²) in [4.78, 5) is 0. The highest BCUT2D eigenvalue weighted by Gasteiger charge is 2.35. The maximum absolute atomic E-state index is 12.9. The van der Waals surface area contributed by atoms with Crippen molar-refractivity contribution in [3.8, 4) is 0 Å². The summed E-state index contributed by atoms with van der Waals surface area (Å²) in [7, 11) is 0. The van der Waals surface area contributed by atoms with Crippen molar-refractivity contribution in [1.82, 2.24) is 0 Å². The molecule has 0 aliphatic heterocycles. The number of rotatable bonds is 2. The van der Waals surface area contributed by atoms with Crippen LogP contribution in [0.15, 0.2) is 42.5 Å². The third-order valence-electron chi connectivity index (χ3n) is 2.82. The van der Waals surface area contributed by atoms with E-state index in [1.807, 2.05) is 0 Å². The zero-order valence-corrected chi connectivity index (χ0v) is 10.7. The van der Waals surface area contributed by atoms with Crippen molar-refractivity contribution in [1.29, 1.82) is 0 Å². The van der Waals surface area contributed by atoms with Crippen molar-refractivity contribution >= 4 is 11.6 Å². The van der Waals surface area contributed by atoms with Crippen LogP contribution >= 0.6 is 11.6 Å². The van der Waals surface area contributed by atoms with Crippen molar-refractivity contribution in [2.45, 2.75) is 12.3 Å². The van der Waals surface area contributed by atoms with E-state index >= 15 is 0 Å². The zero-order valence-electron chi connectivity index (χ0n) is 9.96. The molecule has 0 amide bonds. The molecule has 1 unspecified atom stereocenters. The monoisotopic (exact) mass is 304 g/mol. The van der Waals surface area contributed by atoms with Gasteiger partial charge < -0.3 is 5.11 Å². The molecular formula is C14H9ClF4O. The van der Waals surface area contributed by atoms with Crippen LogP contribution < -0.4 is 0 Å². The predicted molar refractivity (Wildman–Crippen MR) is 66.9 cm³/mol. The Morgan fingerprint density at radius 2 is 1.65 bits per heavy atom. The minimum absolute atomic E-state index is 0.0183. The van der Waals surface area contributed by atoms with Crippen LogP contribution in [0.4, 0.5) is 17.6 Å². The number of benzene rings is 2. The summed E-state index contributed by atoms with van der Waals surface area (Å²) in [6, 6.07) is 7.77. The Balaban J connectivity index is 2.51. The molecule has 2 aromatic carbocycles. The van der Waals surface area contributed by atoms with Crippen molar-refractivity contribution in [2.24, 2.45) is 0 Å². The van der Waals surface area contributed by atoms with Crippen molar-refractivity contribution < 1.29 is 22.7 Å². The lowest BCUT2D eigenvalue weighted by molar-refractivity contribution is -0.139. The van der Waals surface area contributed by atoms with E-state index in [2.05, 4.69) is 0 Å². The molecule has 0 saturated carbocycles. The van der Waals surface area contributed by atoms with E-state index in [9.17, 15) is 22.7 Å². The summed E-state index contributed by atoms with van der Waals surface area (Å²) in [5.41, 5.74) is -1.26. The first-order chi connectivity index (χ1) is 9.30. The Labute approximate surface area is 117 Å². The van der Waals surface area contributed by atoms with Gasteiger partial charge in [0.05, 0.1) is 5.56 Å². The highest BCUT2D eigenvalue weighted by atomic mass is 35.5. The molecule has 0 bridgehead atoms. The van der Waals surface area contributed by atoms with Crippen LogP contribution in [0.25, 0.3) is 0 Å². The summed E-state index contributed by atoms with van der Waals surface area (Å²) in [5, 5.41) is 9.97. The van der Waals surface area contributed by atoms with Gasteiger partial charge in [0.2, 0.25) is 0 Å². The van der Waals surface area contributed by atoms with Crippen molar-refractivity contribution in [3.05, 3.63) is 70.0 Å². The molecule has 0 aliphatic carbocycles. The molecule has 0 heterocycles. The molecule has 0 fully saturated rings. The minimum Gasteiger partial charge on any atom is -0.384 e. The van der Waals surface area contributed by atoms with Crippen LogP contribution in [0.3, 0.4) is 0 Å². The average Bonchev–Trinajstić information content (AvgIpc) is 2.37. The number of alkyl halides is 3. The quantitative estimate of drug-likeness (QED) is 0.805. The van der Waals surface area contributed by atoms with Gasteiger partial charge in [-0.2, -0.15) is 13.2 Å². The SMILES string of the molecule is OC(c1ccc(F)cc1Cl)c1ccccc1C(F)(F)F. The van der Waals surface area contributed by atoms with Gasteiger partial charge in [-0.15, -0.1) is 0 Å². The molecule has 1 atom stereocenters. The van der Waals surface area contributed by atoms with Crippen molar-refractivity contribution in [3.63, 3.8) is 0 Å². The van der Waals surface area contributed by atoms with Crippen LogP contribution in [-0.2, 0) is 6.18 Å². The van der Waals surface area contributed by atoms with Gasteiger partial charge >= 0.3 is 6.18 Å². The molecule has 0 aliphatic rings. The summed E-state index contributed by atoms with van der Waals surface area (Å²) >= 11 is 5.76. The molecule has 2 rings (SSSR count). The van der Waals surface area contributed by atoms with E-state index < -0.39 is 23.7 Å². The Morgan fingerprint density at radius 1 is 1.00 bits per heavy atom. The largest absolute Gasteiger partial charge is 0.416 e. The smallest absolute Gasteiger partial charge is 0.384 e. The van der Waals surface area contributed by atoms with Gasteiger partial charge in [-0.25, -0.2) is 4.39 Å². The molecule has 0 saturated heterocycles. The normalized spacial score (nSPS) is 13.3. The molecule has 20 heavy (non-hydrogen) atoms. The number of aliphatic hydroxyl groups excluding tert-OH is 1. The third-order valence-corrected chi connectivity index (χ3v) is 3.15. The maximum Gasteiger partial charge on any atom is 0.416 e. The Hall–Kier alpha value is -1.59. The lowest BCUT2D eigenvalue weighted by atomic mass is 9.96. The topological polar surface area (TPSA) is 20.2 Å². The van der Waals surface area contributed by atoms with E-state index in [4.69, 9.17) is 11.6 Å². The molecule has 6 heteroatoms. The van der Waals surface area contributed by atoms with Crippen LogP contribution in [0.1, 0.15) is 22.8 Å². The Bertz CT molecular complexity index is 625. The first-order valence-corrected chi connectivity index (χ1v) is 5.97. The first-order valence-electron chi connectivity index (χ1n) is 5.60. The van der Waals surface area contributed by atoms with Crippen LogP contribution in [0.5, 0.6) is 0 Å². The fourth-order valence-corrected chi connectivity index (χ4v) is 2.15. The van der Waals surface area contributed by atoms with E-state index in [0.29, 0.717) is 0 Å². The van der Waals surface area contributed by atoms with E-state index in [1.165, 1.54) is 12.1 Å². The van der Waals surface area contributed by atoms with Gasteiger partial charge in [-0.3, -0.25) is 0 Å².